The summed E-state index contributed by atoms with van der Waals surface area (Å²) in [4.78, 5) is 22.4. The third kappa shape index (κ3) is 7.96. The fourth-order valence-electron chi connectivity index (χ4n) is 2.60. The number of hydrogen-bond donors (Lipinski definition) is 1. The van der Waals surface area contributed by atoms with Crippen LogP contribution in [0.4, 0.5) is 0 Å². The Bertz CT molecular complexity index is 938. The molecule has 1 N–H and O–H groups in total. The number of benzene rings is 2. The SMILES string of the molecule is COC(=O)c1cc(Cl)cc(OC(C)C)c1C.Cc1c(OC(C)C)cc(Cl)cc1C(=O)O. The molecule has 0 spiro atoms. The van der Waals surface area contributed by atoms with Gasteiger partial charge in [0.2, 0.25) is 0 Å². The molecule has 0 aliphatic heterocycles. The van der Waals surface area contributed by atoms with Gasteiger partial charge in [-0.3, -0.25) is 0 Å². The van der Waals surface area contributed by atoms with E-state index in [-0.39, 0.29) is 17.8 Å². The molecular formula is C23H28Cl2O6. The van der Waals surface area contributed by atoms with Gasteiger partial charge in [-0.1, -0.05) is 23.2 Å². The first-order chi connectivity index (χ1) is 14.4. The first-order valence-corrected chi connectivity index (χ1v) is 10.4. The van der Waals surface area contributed by atoms with Crippen LogP contribution in [0, 0.1) is 13.8 Å². The third-order valence-corrected chi connectivity index (χ3v) is 4.45. The first-order valence-electron chi connectivity index (χ1n) is 9.62. The minimum absolute atomic E-state index is 0.0104. The zero-order valence-electron chi connectivity index (χ0n) is 18.7. The number of carboxylic acids is 1. The second kappa shape index (κ2) is 11.8. The third-order valence-electron chi connectivity index (χ3n) is 4.01. The quantitative estimate of drug-likeness (QED) is 0.494. The average Bonchev–Trinajstić information content (AvgIpc) is 2.65. The zero-order valence-corrected chi connectivity index (χ0v) is 20.2. The van der Waals surface area contributed by atoms with E-state index in [4.69, 9.17) is 37.8 Å². The van der Waals surface area contributed by atoms with Crippen molar-refractivity contribution < 1.29 is 28.9 Å². The number of carboxylic acid groups (broad SMARTS) is 1. The Hall–Kier alpha value is -2.44. The molecular weight excluding hydrogens is 443 g/mol. The molecule has 0 aliphatic rings. The van der Waals surface area contributed by atoms with Crippen LogP contribution in [0.25, 0.3) is 0 Å². The van der Waals surface area contributed by atoms with Crippen LogP contribution in [0.15, 0.2) is 24.3 Å². The number of aromatic carboxylic acids is 1. The summed E-state index contributed by atoms with van der Waals surface area (Å²) in [6.45, 7) is 11.1. The molecule has 0 radical (unpaired) electrons. The predicted molar refractivity (Wildman–Crippen MR) is 122 cm³/mol. The lowest BCUT2D eigenvalue weighted by atomic mass is 10.1. The van der Waals surface area contributed by atoms with E-state index in [1.54, 1.807) is 32.0 Å². The van der Waals surface area contributed by atoms with Crippen molar-refractivity contribution in [2.45, 2.75) is 53.8 Å². The van der Waals surface area contributed by atoms with Crippen molar-refractivity contribution in [3.63, 3.8) is 0 Å². The van der Waals surface area contributed by atoms with E-state index in [0.717, 1.165) is 5.56 Å². The maximum absolute atomic E-state index is 11.5. The van der Waals surface area contributed by atoms with E-state index in [1.807, 2.05) is 27.7 Å². The van der Waals surface area contributed by atoms with Crippen molar-refractivity contribution in [3.05, 3.63) is 56.6 Å². The molecule has 0 aliphatic carbocycles. The highest BCUT2D eigenvalue weighted by molar-refractivity contribution is 6.31. The van der Waals surface area contributed by atoms with Gasteiger partial charge in [0, 0.05) is 21.2 Å². The lowest BCUT2D eigenvalue weighted by molar-refractivity contribution is 0.0598. The number of esters is 1. The molecule has 0 heterocycles. The Morgan fingerprint density at radius 2 is 1.19 bits per heavy atom. The van der Waals surface area contributed by atoms with Gasteiger partial charge in [0.15, 0.2) is 0 Å². The van der Waals surface area contributed by atoms with Crippen LogP contribution in [-0.4, -0.2) is 36.4 Å². The lowest BCUT2D eigenvalue weighted by Crippen LogP contribution is -2.10. The Balaban J connectivity index is 0.000000311. The summed E-state index contributed by atoms with van der Waals surface area (Å²) in [7, 11) is 1.34. The Labute approximate surface area is 193 Å². The number of carbonyl (C=O) groups excluding carboxylic acids is 1. The summed E-state index contributed by atoms with van der Waals surface area (Å²) in [6, 6.07) is 6.33. The number of methoxy groups -OCH3 is 1. The zero-order chi connectivity index (χ0) is 23.9. The van der Waals surface area contributed by atoms with E-state index in [2.05, 4.69) is 4.74 Å². The predicted octanol–water partition coefficient (Wildman–Crippen LogP) is 6.36. The van der Waals surface area contributed by atoms with Crippen molar-refractivity contribution >= 4 is 35.1 Å². The van der Waals surface area contributed by atoms with E-state index < -0.39 is 11.9 Å². The van der Waals surface area contributed by atoms with Gasteiger partial charge in [-0.15, -0.1) is 0 Å². The minimum atomic E-state index is -0.997. The van der Waals surface area contributed by atoms with Crippen molar-refractivity contribution in [1.29, 1.82) is 0 Å². The highest BCUT2D eigenvalue weighted by Crippen LogP contribution is 2.29. The highest BCUT2D eigenvalue weighted by Gasteiger charge is 2.16. The van der Waals surface area contributed by atoms with E-state index in [9.17, 15) is 9.59 Å². The van der Waals surface area contributed by atoms with Crippen LogP contribution in [-0.2, 0) is 4.74 Å². The van der Waals surface area contributed by atoms with Crippen LogP contribution in [0.2, 0.25) is 10.0 Å². The largest absolute Gasteiger partial charge is 0.491 e. The molecule has 0 fully saturated rings. The standard InChI is InChI=1S/C12H15ClO3.C11H13ClO3/c1-7(2)16-11-6-9(13)5-10(8(11)3)12(14)15-4;1-6(2)15-10-5-8(12)4-9(7(10)3)11(13)14/h5-7H,1-4H3;4-6H,1-3H3,(H,13,14). The summed E-state index contributed by atoms with van der Waals surface area (Å²) < 4.78 is 15.7. The molecule has 2 aromatic carbocycles. The molecule has 2 rings (SSSR count). The van der Waals surface area contributed by atoms with Gasteiger partial charge >= 0.3 is 11.9 Å². The van der Waals surface area contributed by atoms with Crippen LogP contribution in [0.3, 0.4) is 0 Å². The van der Waals surface area contributed by atoms with Crippen LogP contribution >= 0.6 is 23.2 Å². The Kier molecular flexibility index (Phi) is 10.1. The first kappa shape index (κ1) is 26.6. The van der Waals surface area contributed by atoms with Crippen LogP contribution < -0.4 is 9.47 Å². The number of carbonyl (C=O) groups is 2. The second-order valence-corrected chi connectivity index (χ2v) is 8.16. The molecule has 2 aromatic rings. The molecule has 8 heteroatoms. The molecule has 0 amide bonds. The molecule has 0 unspecified atom stereocenters. The highest BCUT2D eigenvalue weighted by atomic mass is 35.5. The normalized spacial score (nSPS) is 10.4. The Morgan fingerprint density at radius 1 is 0.806 bits per heavy atom. The fraction of sp³-hybridized carbons (Fsp3) is 0.391. The minimum Gasteiger partial charge on any atom is -0.491 e. The summed E-state index contributed by atoms with van der Waals surface area (Å²) in [5.74, 6) is -0.269. The van der Waals surface area contributed by atoms with Crippen molar-refractivity contribution in [2.75, 3.05) is 7.11 Å². The fourth-order valence-corrected chi connectivity index (χ4v) is 3.02. The van der Waals surface area contributed by atoms with Gasteiger partial charge in [0.05, 0.1) is 30.4 Å². The van der Waals surface area contributed by atoms with E-state index >= 15 is 0 Å². The van der Waals surface area contributed by atoms with Crippen molar-refractivity contribution in [2.24, 2.45) is 0 Å². The number of rotatable bonds is 6. The summed E-state index contributed by atoms with van der Waals surface area (Å²) in [6.07, 6.45) is 0.0199. The van der Waals surface area contributed by atoms with Crippen LogP contribution in [0.5, 0.6) is 11.5 Å². The number of ether oxygens (including phenoxy) is 3. The molecule has 0 bridgehead atoms. The second-order valence-electron chi connectivity index (χ2n) is 7.28. The Morgan fingerprint density at radius 3 is 1.55 bits per heavy atom. The molecule has 6 nitrogen and oxygen atoms in total. The summed E-state index contributed by atoms with van der Waals surface area (Å²) in [5, 5.41) is 9.76. The molecule has 0 saturated heterocycles. The smallest absolute Gasteiger partial charge is 0.338 e. The van der Waals surface area contributed by atoms with Crippen molar-refractivity contribution in [3.8, 4) is 11.5 Å². The van der Waals surface area contributed by atoms with Gasteiger partial charge in [0.25, 0.3) is 0 Å². The van der Waals surface area contributed by atoms with Gasteiger partial charge in [-0.2, -0.15) is 0 Å². The topological polar surface area (TPSA) is 82.1 Å². The monoisotopic (exact) mass is 470 g/mol. The van der Waals surface area contributed by atoms with Crippen molar-refractivity contribution in [1.82, 2.24) is 0 Å². The molecule has 0 aromatic heterocycles. The summed E-state index contributed by atoms with van der Waals surface area (Å²) >= 11 is 11.7. The number of halogens is 2. The van der Waals surface area contributed by atoms with Gasteiger partial charge < -0.3 is 19.3 Å². The molecule has 0 saturated carbocycles. The molecule has 0 atom stereocenters. The molecule has 31 heavy (non-hydrogen) atoms. The van der Waals surface area contributed by atoms with Gasteiger partial charge in [-0.25, -0.2) is 9.59 Å². The maximum atomic E-state index is 11.5. The van der Waals surface area contributed by atoms with E-state index in [0.29, 0.717) is 32.7 Å². The van der Waals surface area contributed by atoms with E-state index in [1.165, 1.54) is 13.2 Å². The van der Waals surface area contributed by atoms with Gasteiger partial charge in [-0.05, 0) is 65.8 Å². The van der Waals surface area contributed by atoms with Gasteiger partial charge in [0.1, 0.15) is 11.5 Å². The molecule has 170 valence electrons. The summed E-state index contributed by atoms with van der Waals surface area (Å²) in [5.41, 5.74) is 1.95. The average molecular weight is 471 g/mol. The number of hydrogen-bond acceptors (Lipinski definition) is 5. The van der Waals surface area contributed by atoms with Crippen LogP contribution in [0.1, 0.15) is 59.5 Å². The maximum Gasteiger partial charge on any atom is 0.338 e. The lowest BCUT2D eigenvalue weighted by Gasteiger charge is -2.14.